The molecular weight excluding hydrogens is 310 g/mol. The van der Waals surface area contributed by atoms with Gasteiger partial charge in [0.25, 0.3) is 5.91 Å². The first-order chi connectivity index (χ1) is 9.39. The van der Waals surface area contributed by atoms with Crippen molar-refractivity contribution >= 4 is 17.5 Å². The molecule has 0 fully saturated rings. The summed E-state index contributed by atoms with van der Waals surface area (Å²) in [6.45, 7) is 3.49. The SMILES string of the molecule is CC(C)(C)CN(CC(F)(F)F)C(=O)c1cc(Cl)ccc1F. The molecule has 1 aromatic carbocycles. The van der Waals surface area contributed by atoms with Gasteiger partial charge in [-0.3, -0.25) is 4.79 Å². The van der Waals surface area contributed by atoms with E-state index in [0.717, 1.165) is 12.1 Å². The second-order valence-electron chi connectivity index (χ2n) is 5.96. The van der Waals surface area contributed by atoms with Crippen LogP contribution >= 0.6 is 11.6 Å². The summed E-state index contributed by atoms with van der Waals surface area (Å²) in [5.74, 6) is -1.92. The summed E-state index contributed by atoms with van der Waals surface area (Å²) in [6, 6.07) is 3.22. The third-order valence-electron chi connectivity index (χ3n) is 2.48. The zero-order valence-electron chi connectivity index (χ0n) is 11.9. The van der Waals surface area contributed by atoms with Crippen molar-refractivity contribution in [2.75, 3.05) is 13.1 Å². The molecule has 1 rings (SSSR count). The third kappa shape index (κ3) is 5.91. The standard InChI is InChI=1S/C14H16ClF4NO/c1-13(2,3)7-20(8-14(17,18)19)12(21)10-6-9(15)4-5-11(10)16/h4-6H,7-8H2,1-3H3. The van der Waals surface area contributed by atoms with Gasteiger partial charge in [-0.05, 0) is 23.6 Å². The minimum Gasteiger partial charge on any atom is -0.329 e. The van der Waals surface area contributed by atoms with Gasteiger partial charge in [0.05, 0.1) is 5.56 Å². The van der Waals surface area contributed by atoms with Crippen LogP contribution in [0.5, 0.6) is 0 Å². The predicted octanol–water partition coefficient (Wildman–Crippen LogP) is 4.53. The predicted molar refractivity (Wildman–Crippen MR) is 72.8 cm³/mol. The maximum atomic E-state index is 13.7. The van der Waals surface area contributed by atoms with Crippen LogP contribution in [0.1, 0.15) is 31.1 Å². The Morgan fingerprint density at radius 1 is 1.19 bits per heavy atom. The molecule has 0 aromatic heterocycles. The van der Waals surface area contributed by atoms with Gasteiger partial charge >= 0.3 is 6.18 Å². The first-order valence-electron chi connectivity index (χ1n) is 6.20. The summed E-state index contributed by atoms with van der Waals surface area (Å²) in [4.78, 5) is 12.8. The Bertz CT molecular complexity index is 507. The van der Waals surface area contributed by atoms with Crippen molar-refractivity contribution in [3.05, 3.63) is 34.6 Å². The van der Waals surface area contributed by atoms with E-state index in [1.807, 2.05) is 0 Å². The summed E-state index contributed by atoms with van der Waals surface area (Å²) in [6.07, 6.45) is -4.56. The summed E-state index contributed by atoms with van der Waals surface area (Å²) < 4.78 is 51.5. The summed E-state index contributed by atoms with van der Waals surface area (Å²) in [7, 11) is 0. The quantitative estimate of drug-likeness (QED) is 0.748. The van der Waals surface area contributed by atoms with Crippen LogP contribution in [0.15, 0.2) is 18.2 Å². The van der Waals surface area contributed by atoms with E-state index in [-0.39, 0.29) is 11.6 Å². The van der Waals surface area contributed by atoms with Gasteiger partial charge in [0, 0.05) is 11.6 Å². The van der Waals surface area contributed by atoms with E-state index in [1.165, 1.54) is 6.07 Å². The first kappa shape index (κ1) is 17.8. The van der Waals surface area contributed by atoms with Gasteiger partial charge in [-0.25, -0.2) is 4.39 Å². The monoisotopic (exact) mass is 325 g/mol. The second-order valence-corrected chi connectivity index (χ2v) is 6.40. The molecule has 21 heavy (non-hydrogen) atoms. The lowest BCUT2D eigenvalue weighted by atomic mass is 9.95. The fraction of sp³-hybridized carbons (Fsp3) is 0.500. The van der Waals surface area contributed by atoms with Crippen LogP contribution in [0.25, 0.3) is 0 Å². The number of halogens is 5. The highest BCUT2D eigenvalue weighted by Crippen LogP contribution is 2.24. The molecule has 0 spiro atoms. The molecule has 0 N–H and O–H groups in total. The Hall–Kier alpha value is -1.30. The molecule has 0 unspecified atom stereocenters. The van der Waals surface area contributed by atoms with Gasteiger partial charge in [-0.2, -0.15) is 13.2 Å². The average molecular weight is 326 g/mol. The highest BCUT2D eigenvalue weighted by atomic mass is 35.5. The van der Waals surface area contributed by atoms with E-state index in [0.29, 0.717) is 4.90 Å². The molecule has 1 aromatic rings. The molecule has 2 nitrogen and oxygen atoms in total. The van der Waals surface area contributed by atoms with Gasteiger partial charge in [0.15, 0.2) is 0 Å². The molecule has 7 heteroatoms. The smallest absolute Gasteiger partial charge is 0.329 e. The molecule has 0 atom stereocenters. The first-order valence-corrected chi connectivity index (χ1v) is 6.58. The minimum atomic E-state index is -4.56. The maximum absolute atomic E-state index is 13.7. The van der Waals surface area contributed by atoms with Crippen LogP contribution in [0.3, 0.4) is 0 Å². The van der Waals surface area contributed by atoms with Crippen molar-refractivity contribution in [1.29, 1.82) is 0 Å². The normalized spacial score (nSPS) is 12.4. The van der Waals surface area contributed by atoms with E-state index in [4.69, 9.17) is 11.6 Å². The van der Waals surface area contributed by atoms with E-state index in [9.17, 15) is 22.4 Å². The van der Waals surface area contributed by atoms with Gasteiger partial charge in [-0.1, -0.05) is 32.4 Å². The highest BCUT2D eigenvalue weighted by Gasteiger charge is 2.35. The van der Waals surface area contributed by atoms with Crippen molar-refractivity contribution in [1.82, 2.24) is 4.90 Å². The molecule has 118 valence electrons. The second kappa shape index (κ2) is 6.22. The fourth-order valence-corrected chi connectivity index (χ4v) is 1.99. The van der Waals surface area contributed by atoms with Gasteiger partial charge in [-0.15, -0.1) is 0 Å². The number of alkyl halides is 3. The number of hydrogen-bond donors (Lipinski definition) is 0. The Balaban J connectivity index is 3.12. The average Bonchev–Trinajstić information content (AvgIpc) is 2.27. The lowest BCUT2D eigenvalue weighted by Crippen LogP contribution is -2.43. The number of benzene rings is 1. The Morgan fingerprint density at radius 2 is 1.76 bits per heavy atom. The third-order valence-corrected chi connectivity index (χ3v) is 2.72. The van der Waals surface area contributed by atoms with Gasteiger partial charge in [0.2, 0.25) is 0 Å². The lowest BCUT2D eigenvalue weighted by molar-refractivity contribution is -0.142. The number of rotatable bonds is 3. The molecule has 0 heterocycles. The fourth-order valence-electron chi connectivity index (χ4n) is 1.82. The minimum absolute atomic E-state index is 0.0856. The van der Waals surface area contributed by atoms with Crippen molar-refractivity contribution in [2.45, 2.75) is 26.9 Å². The van der Waals surface area contributed by atoms with Crippen molar-refractivity contribution < 1.29 is 22.4 Å². The molecule has 0 radical (unpaired) electrons. The Morgan fingerprint density at radius 3 is 2.24 bits per heavy atom. The zero-order chi connectivity index (χ0) is 16.4. The number of nitrogens with zero attached hydrogens (tertiary/aromatic N) is 1. The molecular formula is C14H16ClF4NO. The van der Waals surface area contributed by atoms with E-state index >= 15 is 0 Å². The van der Waals surface area contributed by atoms with E-state index < -0.39 is 35.4 Å². The Kier molecular flexibility index (Phi) is 5.25. The van der Waals surface area contributed by atoms with Crippen molar-refractivity contribution in [3.8, 4) is 0 Å². The van der Waals surface area contributed by atoms with E-state index in [2.05, 4.69) is 0 Å². The molecule has 0 aliphatic heterocycles. The van der Waals surface area contributed by atoms with Crippen LogP contribution in [0.2, 0.25) is 5.02 Å². The Labute approximate surface area is 125 Å². The summed E-state index contributed by atoms with van der Waals surface area (Å²) >= 11 is 5.67. The summed E-state index contributed by atoms with van der Waals surface area (Å²) in [5.41, 5.74) is -1.02. The highest BCUT2D eigenvalue weighted by molar-refractivity contribution is 6.31. The van der Waals surface area contributed by atoms with Crippen LogP contribution in [0.4, 0.5) is 17.6 Å². The van der Waals surface area contributed by atoms with Gasteiger partial charge < -0.3 is 4.90 Å². The largest absolute Gasteiger partial charge is 0.406 e. The molecule has 0 aliphatic carbocycles. The van der Waals surface area contributed by atoms with Crippen LogP contribution < -0.4 is 0 Å². The summed E-state index contributed by atoms with van der Waals surface area (Å²) in [5, 5.41) is 0.0856. The number of hydrogen-bond acceptors (Lipinski definition) is 1. The molecule has 0 bridgehead atoms. The topological polar surface area (TPSA) is 20.3 Å². The zero-order valence-corrected chi connectivity index (χ0v) is 12.6. The molecule has 1 amide bonds. The van der Waals surface area contributed by atoms with Crippen LogP contribution in [-0.4, -0.2) is 30.1 Å². The van der Waals surface area contributed by atoms with Crippen LogP contribution in [0, 0.1) is 11.2 Å². The molecule has 0 saturated carbocycles. The number of amides is 1. The maximum Gasteiger partial charge on any atom is 0.406 e. The van der Waals surface area contributed by atoms with Crippen molar-refractivity contribution in [2.24, 2.45) is 5.41 Å². The van der Waals surface area contributed by atoms with E-state index in [1.54, 1.807) is 20.8 Å². The van der Waals surface area contributed by atoms with Crippen LogP contribution in [-0.2, 0) is 0 Å². The molecule has 0 aliphatic rings. The van der Waals surface area contributed by atoms with Crippen molar-refractivity contribution in [3.63, 3.8) is 0 Å². The van der Waals surface area contributed by atoms with Gasteiger partial charge in [0.1, 0.15) is 12.4 Å². The number of carbonyl (C=O) groups is 1. The number of carbonyl (C=O) groups excluding carboxylic acids is 1. The lowest BCUT2D eigenvalue weighted by Gasteiger charge is -2.30. The molecule has 0 saturated heterocycles.